The average molecular weight is 259 g/mol. The Hall–Kier alpha value is -2.01. The summed E-state index contributed by atoms with van der Waals surface area (Å²) >= 11 is 1.60. The van der Waals surface area contributed by atoms with Gasteiger partial charge in [-0.1, -0.05) is 0 Å². The largest absolute Gasteiger partial charge is 0.472 e. The smallest absolute Gasteiger partial charge is 0.106 e. The van der Waals surface area contributed by atoms with Crippen LogP contribution < -0.4 is 10.6 Å². The van der Waals surface area contributed by atoms with E-state index in [1.807, 2.05) is 24.7 Å². The van der Waals surface area contributed by atoms with E-state index in [0.717, 1.165) is 33.7 Å². The molecule has 2 heterocycles. The highest BCUT2D eigenvalue weighted by atomic mass is 32.1. The second-order valence-corrected chi connectivity index (χ2v) is 5.07. The number of benzene rings is 1. The van der Waals surface area contributed by atoms with Gasteiger partial charge in [-0.05, 0) is 18.2 Å². The Morgan fingerprint density at radius 1 is 1.39 bits per heavy atom. The molecule has 4 nitrogen and oxygen atoms in total. The number of fused-ring (bicyclic) bond motifs is 1. The van der Waals surface area contributed by atoms with Crippen molar-refractivity contribution in [1.29, 1.82) is 0 Å². The third-order valence-electron chi connectivity index (χ3n) is 2.93. The summed E-state index contributed by atoms with van der Waals surface area (Å²) in [5.74, 6) is 0. The molecule has 0 fully saturated rings. The molecular weight excluding hydrogens is 246 g/mol. The van der Waals surface area contributed by atoms with E-state index in [1.54, 1.807) is 23.9 Å². The number of nitrogens with two attached hydrogens (primary N) is 1. The van der Waals surface area contributed by atoms with Gasteiger partial charge in [-0.3, -0.25) is 0 Å². The minimum Gasteiger partial charge on any atom is -0.472 e. The molecule has 2 aromatic heterocycles. The van der Waals surface area contributed by atoms with E-state index in [4.69, 9.17) is 10.2 Å². The zero-order valence-corrected chi connectivity index (χ0v) is 10.8. The van der Waals surface area contributed by atoms with Gasteiger partial charge in [0.15, 0.2) is 0 Å². The Kier molecular flexibility index (Phi) is 2.68. The number of thiazole rings is 1. The molecule has 1 aromatic carbocycles. The van der Waals surface area contributed by atoms with Gasteiger partial charge in [0.25, 0.3) is 0 Å². The first-order valence-corrected chi connectivity index (χ1v) is 6.47. The first kappa shape index (κ1) is 11.1. The van der Waals surface area contributed by atoms with Crippen molar-refractivity contribution in [3.05, 3.63) is 41.8 Å². The van der Waals surface area contributed by atoms with Crippen LogP contribution in [0.15, 0.2) is 40.7 Å². The van der Waals surface area contributed by atoms with Crippen molar-refractivity contribution >= 4 is 32.9 Å². The Morgan fingerprint density at radius 3 is 3.06 bits per heavy atom. The molecule has 0 spiro atoms. The zero-order valence-electron chi connectivity index (χ0n) is 9.96. The van der Waals surface area contributed by atoms with Gasteiger partial charge in [0.1, 0.15) is 5.52 Å². The molecule has 3 aromatic rings. The van der Waals surface area contributed by atoms with Crippen LogP contribution in [-0.4, -0.2) is 12.0 Å². The summed E-state index contributed by atoms with van der Waals surface area (Å²) < 4.78 is 6.19. The number of nitrogens with zero attached hydrogens (tertiary/aromatic N) is 2. The van der Waals surface area contributed by atoms with Gasteiger partial charge < -0.3 is 15.1 Å². The summed E-state index contributed by atoms with van der Waals surface area (Å²) in [6.45, 7) is 0.760. The molecule has 18 heavy (non-hydrogen) atoms. The van der Waals surface area contributed by atoms with Crippen LogP contribution in [0.4, 0.5) is 11.4 Å². The Balaban J connectivity index is 1.95. The predicted octanol–water partition coefficient (Wildman–Crippen LogP) is 3.11. The summed E-state index contributed by atoms with van der Waals surface area (Å²) in [7, 11) is 2.01. The van der Waals surface area contributed by atoms with Gasteiger partial charge in [-0.15, -0.1) is 11.3 Å². The molecule has 0 saturated heterocycles. The minimum atomic E-state index is 0.736. The summed E-state index contributed by atoms with van der Waals surface area (Å²) in [6.07, 6.45) is 3.42. The van der Waals surface area contributed by atoms with Crippen LogP contribution in [0.2, 0.25) is 0 Å². The quantitative estimate of drug-likeness (QED) is 0.734. The second-order valence-electron chi connectivity index (χ2n) is 4.19. The van der Waals surface area contributed by atoms with Crippen LogP contribution in [0.1, 0.15) is 5.56 Å². The molecule has 0 aliphatic heterocycles. The van der Waals surface area contributed by atoms with Crippen LogP contribution in [0.3, 0.4) is 0 Å². The molecular formula is C13H13N3OS. The molecule has 0 atom stereocenters. The Morgan fingerprint density at radius 2 is 2.28 bits per heavy atom. The van der Waals surface area contributed by atoms with Crippen molar-refractivity contribution in [2.75, 3.05) is 17.7 Å². The maximum Gasteiger partial charge on any atom is 0.106 e. The fraction of sp³-hybridized carbons (Fsp3) is 0.154. The Labute approximate surface area is 109 Å². The number of anilines is 2. The number of rotatable bonds is 3. The van der Waals surface area contributed by atoms with E-state index in [9.17, 15) is 0 Å². The standard InChI is InChI=1S/C13H13N3OS/c1-16(6-9-4-5-17-7-9)10-2-3-11-13(12(10)14)15-8-18-11/h2-5,7-8H,6,14H2,1H3. The number of aromatic nitrogens is 1. The fourth-order valence-corrected chi connectivity index (χ4v) is 2.71. The Bertz CT molecular complexity index is 660. The molecule has 0 bridgehead atoms. The lowest BCUT2D eigenvalue weighted by molar-refractivity contribution is 0.563. The van der Waals surface area contributed by atoms with Crippen LogP contribution in [0, 0.1) is 0 Å². The normalized spacial score (nSPS) is 10.9. The summed E-state index contributed by atoms with van der Waals surface area (Å²) in [5.41, 5.74) is 11.7. The molecule has 0 unspecified atom stereocenters. The highest BCUT2D eigenvalue weighted by molar-refractivity contribution is 7.16. The van der Waals surface area contributed by atoms with Crippen LogP contribution in [0.25, 0.3) is 10.2 Å². The number of hydrogen-bond acceptors (Lipinski definition) is 5. The predicted molar refractivity (Wildman–Crippen MR) is 74.8 cm³/mol. The van der Waals surface area contributed by atoms with E-state index >= 15 is 0 Å². The van der Waals surface area contributed by atoms with Gasteiger partial charge >= 0.3 is 0 Å². The van der Waals surface area contributed by atoms with Gasteiger partial charge in [0.2, 0.25) is 0 Å². The second kappa shape index (κ2) is 4.34. The van der Waals surface area contributed by atoms with Crippen molar-refractivity contribution < 1.29 is 4.42 Å². The van der Waals surface area contributed by atoms with Crippen LogP contribution in [0.5, 0.6) is 0 Å². The first-order valence-electron chi connectivity index (χ1n) is 5.59. The molecule has 0 aliphatic carbocycles. The third kappa shape index (κ3) is 1.82. The lowest BCUT2D eigenvalue weighted by atomic mass is 10.2. The molecule has 0 radical (unpaired) electrons. The molecule has 2 N–H and O–H groups in total. The van der Waals surface area contributed by atoms with Gasteiger partial charge in [-0.25, -0.2) is 4.98 Å². The van der Waals surface area contributed by atoms with E-state index in [1.165, 1.54) is 0 Å². The van der Waals surface area contributed by atoms with Crippen LogP contribution in [-0.2, 0) is 6.54 Å². The monoisotopic (exact) mass is 259 g/mol. The first-order chi connectivity index (χ1) is 8.75. The van der Waals surface area contributed by atoms with E-state index in [2.05, 4.69) is 16.0 Å². The molecule has 0 amide bonds. The highest BCUT2D eigenvalue weighted by Crippen LogP contribution is 2.32. The van der Waals surface area contributed by atoms with Crippen molar-refractivity contribution in [2.45, 2.75) is 6.54 Å². The molecule has 92 valence electrons. The lowest BCUT2D eigenvalue weighted by Gasteiger charge is -2.20. The van der Waals surface area contributed by atoms with Crippen molar-refractivity contribution in [1.82, 2.24) is 4.98 Å². The van der Waals surface area contributed by atoms with Gasteiger partial charge in [0, 0.05) is 19.2 Å². The van der Waals surface area contributed by atoms with Crippen molar-refractivity contribution in [3.63, 3.8) is 0 Å². The zero-order chi connectivity index (χ0) is 12.5. The molecule has 0 aliphatic rings. The van der Waals surface area contributed by atoms with E-state index < -0.39 is 0 Å². The third-order valence-corrected chi connectivity index (χ3v) is 3.72. The summed E-state index contributed by atoms with van der Waals surface area (Å²) in [6, 6.07) is 6.05. The SMILES string of the molecule is CN(Cc1ccoc1)c1ccc2scnc2c1N. The molecule has 3 rings (SSSR count). The number of hydrogen-bond donors (Lipinski definition) is 1. The highest BCUT2D eigenvalue weighted by Gasteiger charge is 2.11. The minimum absolute atomic E-state index is 0.736. The topological polar surface area (TPSA) is 55.3 Å². The molecule has 5 heteroatoms. The van der Waals surface area contributed by atoms with Crippen molar-refractivity contribution in [3.8, 4) is 0 Å². The number of nitrogen functional groups attached to an aromatic ring is 1. The van der Waals surface area contributed by atoms with E-state index in [-0.39, 0.29) is 0 Å². The van der Waals surface area contributed by atoms with E-state index in [0.29, 0.717) is 0 Å². The molecule has 0 saturated carbocycles. The maximum absolute atomic E-state index is 6.17. The summed E-state index contributed by atoms with van der Waals surface area (Å²) in [4.78, 5) is 6.40. The average Bonchev–Trinajstić information content (AvgIpc) is 2.99. The maximum atomic E-state index is 6.17. The van der Waals surface area contributed by atoms with Crippen LogP contribution >= 0.6 is 11.3 Å². The summed E-state index contributed by atoms with van der Waals surface area (Å²) in [5, 5.41) is 0. The number of furan rings is 1. The van der Waals surface area contributed by atoms with Gasteiger partial charge in [0.05, 0.1) is 34.1 Å². The van der Waals surface area contributed by atoms with Crippen molar-refractivity contribution in [2.24, 2.45) is 0 Å². The lowest BCUT2D eigenvalue weighted by Crippen LogP contribution is -2.17. The van der Waals surface area contributed by atoms with Gasteiger partial charge in [-0.2, -0.15) is 0 Å². The fourth-order valence-electron chi connectivity index (χ4n) is 2.02.